The summed E-state index contributed by atoms with van der Waals surface area (Å²) in [6.07, 6.45) is 3.77. The molecule has 0 heterocycles. The van der Waals surface area contributed by atoms with Gasteiger partial charge in [0, 0.05) is 0 Å². The molecule has 0 spiro atoms. The topological polar surface area (TPSA) is 40.5 Å². The molecule has 0 bridgehead atoms. The molecule has 0 unspecified atom stereocenters. The molecule has 0 aliphatic carbocycles. The summed E-state index contributed by atoms with van der Waals surface area (Å²) >= 11 is 0. The monoisotopic (exact) mass is 354 g/mol. The van der Waals surface area contributed by atoms with E-state index in [2.05, 4.69) is 65.8 Å². The van der Waals surface area contributed by atoms with Gasteiger partial charge >= 0.3 is 0 Å². The molecule has 0 amide bonds. The van der Waals surface area contributed by atoms with Gasteiger partial charge in [0.05, 0.1) is 0 Å². The molecule has 2 aromatic carbocycles. The standard InChI is InChI=1S/C24H34O2/c1-7-9-17-11-19(12-18(10-8-2)23(17)25)20-13-21(15(3)4)24(26)22(14-20)16(5)6/h11-16,25-26H,7-10H2,1-6H3. The number of hydrogen-bond acceptors (Lipinski definition) is 2. The fourth-order valence-electron chi connectivity index (χ4n) is 3.57. The zero-order chi connectivity index (χ0) is 19.4. The van der Waals surface area contributed by atoms with Crippen molar-refractivity contribution in [2.75, 3.05) is 0 Å². The van der Waals surface area contributed by atoms with Crippen LogP contribution in [-0.4, -0.2) is 10.2 Å². The Bertz CT molecular complexity index is 701. The van der Waals surface area contributed by atoms with Gasteiger partial charge in [-0.2, -0.15) is 0 Å². The molecule has 0 aliphatic heterocycles. The normalized spacial score (nSPS) is 11.5. The first-order valence-corrected chi connectivity index (χ1v) is 10.0. The molecule has 0 fully saturated rings. The molecule has 142 valence electrons. The molecular formula is C24H34O2. The highest BCUT2D eigenvalue weighted by molar-refractivity contribution is 5.71. The van der Waals surface area contributed by atoms with Gasteiger partial charge in [-0.05, 0) is 82.3 Å². The summed E-state index contributed by atoms with van der Waals surface area (Å²) in [5.74, 6) is 1.41. The Morgan fingerprint density at radius 3 is 1.38 bits per heavy atom. The second-order valence-corrected chi connectivity index (χ2v) is 7.96. The lowest BCUT2D eigenvalue weighted by Gasteiger charge is -2.19. The van der Waals surface area contributed by atoms with Crippen LogP contribution in [0.2, 0.25) is 0 Å². The minimum absolute atomic E-state index is 0.259. The molecule has 0 aromatic heterocycles. The SMILES string of the molecule is CCCc1cc(-c2cc(C(C)C)c(O)c(C(C)C)c2)cc(CCC)c1O. The van der Waals surface area contributed by atoms with E-state index in [-0.39, 0.29) is 11.8 Å². The van der Waals surface area contributed by atoms with E-state index in [1.165, 1.54) is 0 Å². The van der Waals surface area contributed by atoms with Crippen LogP contribution in [0.5, 0.6) is 11.5 Å². The predicted octanol–water partition coefficient (Wildman–Crippen LogP) is 6.92. The molecule has 2 heteroatoms. The Hall–Kier alpha value is -1.96. The minimum Gasteiger partial charge on any atom is -0.507 e. The fourth-order valence-corrected chi connectivity index (χ4v) is 3.57. The average molecular weight is 355 g/mol. The third-order valence-corrected chi connectivity index (χ3v) is 5.05. The van der Waals surface area contributed by atoms with Crippen molar-refractivity contribution in [1.29, 1.82) is 0 Å². The van der Waals surface area contributed by atoms with Crippen molar-refractivity contribution < 1.29 is 10.2 Å². The van der Waals surface area contributed by atoms with Crippen LogP contribution >= 0.6 is 0 Å². The van der Waals surface area contributed by atoms with Crippen molar-refractivity contribution in [3.8, 4) is 22.6 Å². The van der Waals surface area contributed by atoms with E-state index in [1.54, 1.807) is 0 Å². The van der Waals surface area contributed by atoms with Crippen molar-refractivity contribution in [1.82, 2.24) is 0 Å². The Kier molecular flexibility index (Phi) is 6.75. The zero-order valence-electron chi connectivity index (χ0n) is 17.2. The van der Waals surface area contributed by atoms with Crippen LogP contribution in [-0.2, 0) is 12.8 Å². The van der Waals surface area contributed by atoms with Gasteiger partial charge in [-0.1, -0.05) is 54.4 Å². The quantitative estimate of drug-likeness (QED) is 0.566. The van der Waals surface area contributed by atoms with Gasteiger partial charge in [0.2, 0.25) is 0 Å². The van der Waals surface area contributed by atoms with Crippen molar-refractivity contribution in [2.24, 2.45) is 0 Å². The molecule has 2 aromatic rings. The molecular weight excluding hydrogens is 320 g/mol. The van der Waals surface area contributed by atoms with E-state index >= 15 is 0 Å². The number of rotatable bonds is 7. The van der Waals surface area contributed by atoms with Crippen LogP contribution in [0.15, 0.2) is 24.3 Å². The van der Waals surface area contributed by atoms with E-state index in [4.69, 9.17) is 0 Å². The third-order valence-electron chi connectivity index (χ3n) is 5.05. The summed E-state index contributed by atoms with van der Waals surface area (Å²) < 4.78 is 0. The van der Waals surface area contributed by atoms with Crippen LogP contribution in [0.4, 0.5) is 0 Å². The third kappa shape index (κ3) is 4.23. The average Bonchev–Trinajstić information content (AvgIpc) is 2.58. The van der Waals surface area contributed by atoms with Gasteiger partial charge in [0.1, 0.15) is 11.5 Å². The van der Waals surface area contributed by atoms with Crippen molar-refractivity contribution in [3.05, 3.63) is 46.5 Å². The van der Waals surface area contributed by atoms with Crippen molar-refractivity contribution in [2.45, 2.75) is 79.1 Å². The van der Waals surface area contributed by atoms with Crippen molar-refractivity contribution >= 4 is 0 Å². The Labute approximate surface area is 158 Å². The van der Waals surface area contributed by atoms with E-state index in [1.807, 2.05) is 0 Å². The molecule has 2 nitrogen and oxygen atoms in total. The summed E-state index contributed by atoms with van der Waals surface area (Å²) in [6, 6.07) is 8.48. The van der Waals surface area contributed by atoms with Gasteiger partial charge < -0.3 is 10.2 Å². The van der Waals surface area contributed by atoms with E-state index in [0.717, 1.165) is 59.1 Å². The number of phenols is 2. The van der Waals surface area contributed by atoms with Crippen LogP contribution < -0.4 is 0 Å². The highest BCUT2D eigenvalue weighted by Gasteiger charge is 2.17. The summed E-state index contributed by atoms with van der Waals surface area (Å²) in [7, 11) is 0. The highest BCUT2D eigenvalue weighted by Crippen LogP contribution is 2.39. The summed E-state index contributed by atoms with van der Waals surface area (Å²) in [5.41, 5.74) is 6.31. The van der Waals surface area contributed by atoms with Gasteiger partial charge in [0.25, 0.3) is 0 Å². The van der Waals surface area contributed by atoms with E-state index in [0.29, 0.717) is 11.5 Å². The first kappa shape index (κ1) is 20.4. The zero-order valence-corrected chi connectivity index (χ0v) is 17.2. The van der Waals surface area contributed by atoms with E-state index in [9.17, 15) is 10.2 Å². The van der Waals surface area contributed by atoms with Crippen molar-refractivity contribution in [3.63, 3.8) is 0 Å². The minimum atomic E-state index is 0.259. The maximum Gasteiger partial charge on any atom is 0.122 e. The van der Waals surface area contributed by atoms with Crippen LogP contribution in [0.25, 0.3) is 11.1 Å². The molecule has 0 radical (unpaired) electrons. The number of hydrogen-bond donors (Lipinski definition) is 2. The number of aromatic hydroxyl groups is 2. The first-order chi connectivity index (χ1) is 12.3. The molecule has 0 saturated carbocycles. The lowest BCUT2D eigenvalue weighted by atomic mass is 9.88. The number of benzene rings is 2. The summed E-state index contributed by atoms with van der Waals surface area (Å²) in [4.78, 5) is 0. The van der Waals surface area contributed by atoms with Gasteiger partial charge in [-0.25, -0.2) is 0 Å². The molecule has 2 rings (SSSR count). The maximum atomic E-state index is 10.7. The van der Waals surface area contributed by atoms with E-state index < -0.39 is 0 Å². The Morgan fingerprint density at radius 1 is 0.654 bits per heavy atom. The van der Waals surface area contributed by atoms with Gasteiger partial charge in [-0.3, -0.25) is 0 Å². The lowest BCUT2D eigenvalue weighted by molar-refractivity contribution is 0.454. The molecule has 0 aliphatic rings. The molecule has 0 atom stereocenters. The van der Waals surface area contributed by atoms with Crippen LogP contribution in [0.1, 0.15) is 88.5 Å². The lowest BCUT2D eigenvalue weighted by Crippen LogP contribution is -1.98. The predicted molar refractivity (Wildman–Crippen MR) is 111 cm³/mol. The first-order valence-electron chi connectivity index (χ1n) is 10.0. The second-order valence-electron chi connectivity index (χ2n) is 7.96. The highest BCUT2D eigenvalue weighted by atomic mass is 16.3. The smallest absolute Gasteiger partial charge is 0.122 e. The number of phenolic OH excluding ortho intramolecular Hbond substituents is 2. The van der Waals surface area contributed by atoms with Gasteiger partial charge in [0.15, 0.2) is 0 Å². The molecule has 0 saturated heterocycles. The van der Waals surface area contributed by atoms with Gasteiger partial charge in [-0.15, -0.1) is 0 Å². The Balaban J connectivity index is 2.70. The van der Waals surface area contributed by atoms with Crippen LogP contribution in [0.3, 0.4) is 0 Å². The molecule has 2 N–H and O–H groups in total. The maximum absolute atomic E-state index is 10.7. The summed E-state index contributed by atoms with van der Waals surface area (Å²) in [5, 5.41) is 21.3. The second kappa shape index (κ2) is 8.62. The van der Waals surface area contributed by atoms with Crippen LogP contribution in [0, 0.1) is 0 Å². The largest absolute Gasteiger partial charge is 0.507 e. The fraction of sp³-hybridized carbons (Fsp3) is 0.500. The number of aryl methyl sites for hydroxylation is 2. The Morgan fingerprint density at radius 2 is 1.04 bits per heavy atom. The summed E-state index contributed by atoms with van der Waals surface area (Å²) in [6.45, 7) is 12.7. The molecule has 26 heavy (non-hydrogen) atoms.